The van der Waals surface area contributed by atoms with Crippen LogP contribution in [0.15, 0.2) is 12.4 Å². The molecule has 19 heavy (non-hydrogen) atoms. The molecule has 1 aliphatic heterocycles. The summed E-state index contributed by atoms with van der Waals surface area (Å²) in [6.07, 6.45) is 6.65. The number of hydrogen-bond acceptors (Lipinski definition) is 3. The van der Waals surface area contributed by atoms with Gasteiger partial charge in [0, 0.05) is 50.5 Å². The van der Waals surface area contributed by atoms with Crippen LogP contribution < -0.4 is 5.32 Å². The van der Waals surface area contributed by atoms with E-state index in [-0.39, 0.29) is 0 Å². The van der Waals surface area contributed by atoms with E-state index in [1.807, 2.05) is 17.9 Å². The Labute approximate surface area is 117 Å². The first-order valence-electron chi connectivity index (χ1n) is 7.55. The minimum Gasteiger partial charge on any atom is -0.311 e. The van der Waals surface area contributed by atoms with Gasteiger partial charge in [-0.05, 0) is 12.3 Å². The van der Waals surface area contributed by atoms with Gasteiger partial charge in [-0.1, -0.05) is 27.2 Å². The fraction of sp³-hybridized carbons (Fsp3) is 0.800. The van der Waals surface area contributed by atoms with Crippen LogP contribution >= 0.6 is 0 Å². The molecule has 1 fully saturated rings. The molecule has 0 aliphatic carbocycles. The van der Waals surface area contributed by atoms with Gasteiger partial charge in [0.05, 0.1) is 6.20 Å². The first-order valence-corrected chi connectivity index (χ1v) is 7.55. The van der Waals surface area contributed by atoms with E-state index >= 15 is 0 Å². The predicted molar refractivity (Wildman–Crippen MR) is 78.9 cm³/mol. The van der Waals surface area contributed by atoms with Crippen LogP contribution in [-0.2, 0) is 13.6 Å². The van der Waals surface area contributed by atoms with Crippen LogP contribution in [0.5, 0.6) is 0 Å². The molecule has 0 spiro atoms. The highest BCUT2D eigenvalue weighted by Gasteiger charge is 2.29. The van der Waals surface area contributed by atoms with Crippen LogP contribution in [0.1, 0.15) is 39.2 Å². The Morgan fingerprint density at radius 1 is 1.47 bits per heavy atom. The standard InChI is InChI=1S/C15H28N4/c1-5-6-14-11-19(15(8-16-14)12(2)3)10-13-7-17-18(4)9-13/h7,9,12,14-16H,5-6,8,10-11H2,1-4H3. The van der Waals surface area contributed by atoms with Crippen molar-refractivity contribution in [3.8, 4) is 0 Å². The van der Waals surface area contributed by atoms with Crippen molar-refractivity contribution in [3.05, 3.63) is 18.0 Å². The lowest BCUT2D eigenvalue weighted by Crippen LogP contribution is -2.57. The van der Waals surface area contributed by atoms with E-state index in [0.717, 1.165) is 19.6 Å². The number of hydrogen-bond donors (Lipinski definition) is 1. The average molecular weight is 264 g/mol. The maximum absolute atomic E-state index is 4.28. The molecule has 0 radical (unpaired) electrons. The highest BCUT2D eigenvalue weighted by atomic mass is 15.3. The van der Waals surface area contributed by atoms with Crippen LogP contribution in [0.3, 0.4) is 0 Å². The van der Waals surface area contributed by atoms with Gasteiger partial charge < -0.3 is 5.32 Å². The topological polar surface area (TPSA) is 33.1 Å². The van der Waals surface area contributed by atoms with Gasteiger partial charge in [0.25, 0.3) is 0 Å². The van der Waals surface area contributed by atoms with Crippen LogP contribution in [0.4, 0.5) is 0 Å². The summed E-state index contributed by atoms with van der Waals surface area (Å²) in [7, 11) is 1.99. The van der Waals surface area contributed by atoms with Crippen molar-refractivity contribution in [1.29, 1.82) is 0 Å². The normalized spacial score (nSPS) is 25.1. The minimum absolute atomic E-state index is 0.633. The lowest BCUT2D eigenvalue weighted by Gasteiger charge is -2.42. The number of aryl methyl sites for hydroxylation is 1. The van der Waals surface area contributed by atoms with E-state index < -0.39 is 0 Å². The van der Waals surface area contributed by atoms with Crippen LogP contribution in [0.25, 0.3) is 0 Å². The third-order valence-corrected chi connectivity index (χ3v) is 4.09. The van der Waals surface area contributed by atoms with Crippen LogP contribution in [0.2, 0.25) is 0 Å². The molecule has 108 valence electrons. The largest absolute Gasteiger partial charge is 0.311 e. The van der Waals surface area contributed by atoms with Gasteiger partial charge in [-0.2, -0.15) is 5.10 Å². The Balaban J connectivity index is 2.02. The number of nitrogens with zero attached hydrogens (tertiary/aromatic N) is 3. The zero-order chi connectivity index (χ0) is 13.8. The Morgan fingerprint density at radius 3 is 2.84 bits per heavy atom. The summed E-state index contributed by atoms with van der Waals surface area (Å²) >= 11 is 0. The number of nitrogens with one attached hydrogen (secondary N) is 1. The van der Waals surface area contributed by atoms with Crippen molar-refractivity contribution in [2.24, 2.45) is 13.0 Å². The molecule has 2 atom stereocenters. The summed E-state index contributed by atoms with van der Waals surface area (Å²) in [5.74, 6) is 0.687. The van der Waals surface area contributed by atoms with Crippen molar-refractivity contribution in [1.82, 2.24) is 20.0 Å². The van der Waals surface area contributed by atoms with Crippen molar-refractivity contribution in [2.45, 2.75) is 52.2 Å². The lowest BCUT2D eigenvalue weighted by molar-refractivity contribution is 0.0885. The number of rotatable bonds is 5. The molecule has 1 N–H and O–H groups in total. The Bertz CT molecular complexity index is 385. The quantitative estimate of drug-likeness (QED) is 0.883. The highest BCUT2D eigenvalue weighted by molar-refractivity contribution is 5.05. The molecular formula is C15H28N4. The van der Waals surface area contributed by atoms with Crippen LogP contribution in [0, 0.1) is 5.92 Å². The summed E-state index contributed by atoms with van der Waals surface area (Å²) < 4.78 is 1.89. The van der Waals surface area contributed by atoms with E-state index in [1.165, 1.54) is 18.4 Å². The van der Waals surface area contributed by atoms with Gasteiger partial charge in [0.15, 0.2) is 0 Å². The molecule has 0 aromatic carbocycles. The van der Waals surface area contributed by atoms with E-state index in [1.54, 1.807) is 0 Å². The van der Waals surface area contributed by atoms with E-state index in [2.05, 4.69) is 42.3 Å². The second kappa shape index (κ2) is 6.53. The predicted octanol–water partition coefficient (Wildman–Crippen LogP) is 2.02. The summed E-state index contributed by atoms with van der Waals surface area (Å²) in [5, 5.41) is 7.99. The molecule has 2 rings (SSSR count). The van der Waals surface area contributed by atoms with E-state index in [0.29, 0.717) is 18.0 Å². The molecule has 1 aliphatic rings. The molecule has 1 saturated heterocycles. The molecule has 1 aromatic heterocycles. The second-order valence-corrected chi connectivity index (χ2v) is 6.16. The molecule has 0 saturated carbocycles. The van der Waals surface area contributed by atoms with Gasteiger partial charge >= 0.3 is 0 Å². The summed E-state index contributed by atoms with van der Waals surface area (Å²) in [4.78, 5) is 2.64. The zero-order valence-electron chi connectivity index (χ0n) is 12.8. The van der Waals surface area contributed by atoms with Gasteiger partial charge in [-0.15, -0.1) is 0 Å². The monoisotopic (exact) mass is 264 g/mol. The molecule has 4 nitrogen and oxygen atoms in total. The van der Waals surface area contributed by atoms with Crippen LogP contribution in [-0.4, -0.2) is 39.9 Å². The summed E-state index contributed by atoms with van der Waals surface area (Å²) in [6.45, 7) is 10.2. The fourth-order valence-corrected chi connectivity index (χ4v) is 3.07. The molecule has 0 bridgehead atoms. The molecule has 2 heterocycles. The van der Waals surface area contributed by atoms with Crippen molar-refractivity contribution in [2.75, 3.05) is 13.1 Å². The number of piperazine rings is 1. The van der Waals surface area contributed by atoms with E-state index in [9.17, 15) is 0 Å². The van der Waals surface area contributed by atoms with Crippen molar-refractivity contribution >= 4 is 0 Å². The first-order chi connectivity index (χ1) is 9.10. The molecule has 2 unspecified atom stereocenters. The van der Waals surface area contributed by atoms with Crippen molar-refractivity contribution in [3.63, 3.8) is 0 Å². The minimum atomic E-state index is 0.633. The van der Waals surface area contributed by atoms with E-state index in [4.69, 9.17) is 0 Å². The SMILES string of the molecule is CCCC1CN(Cc2cnn(C)c2)C(C(C)C)CN1. The molecule has 4 heteroatoms. The molecule has 0 amide bonds. The van der Waals surface area contributed by atoms with Crippen molar-refractivity contribution < 1.29 is 0 Å². The lowest BCUT2D eigenvalue weighted by atomic mass is 9.96. The molecule has 1 aromatic rings. The van der Waals surface area contributed by atoms with Gasteiger partial charge in [-0.3, -0.25) is 9.58 Å². The first kappa shape index (κ1) is 14.5. The maximum atomic E-state index is 4.28. The third-order valence-electron chi connectivity index (χ3n) is 4.09. The van der Waals surface area contributed by atoms with Gasteiger partial charge in [0.2, 0.25) is 0 Å². The zero-order valence-corrected chi connectivity index (χ0v) is 12.8. The van der Waals surface area contributed by atoms with Gasteiger partial charge in [0.1, 0.15) is 0 Å². The van der Waals surface area contributed by atoms with Gasteiger partial charge in [-0.25, -0.2) is 0 Å². The molecular weight excluding hydrogens is 236 g/mol. The summed E-state index contributed by atoms with van der Waals surface area (Å²) in [5.41, 5.74) is 1.32. The smallest absolute Gasteiger partial charge is 0.0534 e. The average Bonchev–Trinajstić information content (AvgIpc) is 2.75. The Hall–Kier alpha value is -0.870. The Kier molecular flexibility index (Phi) is 4.99. The number of aromatic nitrogens is 2. The third kappa shape index (κ3) is 3.80. The Morgan fingerprint density at radius 2 is 2.26 bits per heavy atom. The maximum Gasteiger partial charge on any atom is 0.0534 e. The highest BCUT2D eigenvalue weighted by Crippen LogP contribution is 2.19. The second-order valence-electron chi connectivity index (χ2n) is 6.16. The summed E-state index contributed by atoms with van der Waals surface area (Å²) in [6, 6.07) is 1.28. The fourth-order valence-electron chi connectivity index (χ4n) is 3.07.